The van der Waals surface area contributed by atoms with Crippen LogP contribution in [0.15, 0.2) is 36.2 Å². The monoisotopic (exact) mass is 517 g/mol. The number of nitrogens with two attached hydrogens (primary N) is 1. The lowest BCUT2D eigenvalue weighted by Crippen LogP contribution is -2.67. The van der Waals surface area contributed by atoms with E-state index >= 15 is 0 Å². The Morgan fingerprint density at radius 1 is 1.23 bits per heavy atom. The van der Waals surface area contributed by atoms with Crippen molar-refractivity contribution in [2.45, 2.75) is 31.5 Å². The van der Waals surface area contributed by atoms with Crippen molar-refractivity contribution >= 4 is 43.2 Å². The molecule has 12 nitrogen and oxygen atoms in total. The zero-order valence-electron chi connectivity index (χ0n) is 19.6. The first kappa shape index (κ1) is 23.8. The zero-order valence-corrected chi connectivity index (χ0v) is 21.2. The molecule has 1 saturated heterocycles. The van der Waals surface area contributed by atoms with E-state index in [0.29, 0.717) is 23.9 Å². The van der Waals surface area contributed by atoms with Crippen molar-refractivity contribution in [3.05, 3.63) is 36.2 Å². The van der Waals surface area contributed by atoms with Gasteiger partial charge in [0, 0.05) is 37.6 Å². The molecule has 14 heteroatoms. The van der Waals surface area contributed by atoms with Gasteiger partial charge in [-0.1, -0.05) is 0 Å². The first-order valence-corrected chi connectivity index (χ1v) is 13.7. The van der Waals surface area contributed by atoms with Gasteiger partial charge in [0.15, 0.2) is 0 Å². The number of thiophene rings is 1. The number of nitrogens with one attached hydrogen (secondary N) is 1. The fourth-order valence-corrected chi connectivity index (χ4v) is 5.86. The van der Waals surface area contributed by atoms with Crippen LogP contribution in [0.1, 0.15) is 13.8 Å². The average molecular weight is 518 g/mol. The van der Waals surface area contributed by atoms with Crippen LogP contribution in [0.5, 0.6) is 0 Å². The number of anilines is 2. The van der Waals surface area contributed by atoms with Crippen LogP contribution < -0.4 is 11.1 Å². The summed E-state index contributed by atoms with van der Waals surface area (Å²) in [5.74, 6) is 0.405. The quantitative estimate of drug-likeness (QED) is 0.312. The SMILES string of the molecule is CC(C)(O)Cn1cc(Nc2nc(-c3cnn(C4(CN)CN(S(C)(=O)=O)C4)c3)c3sccc3n2)cn1. The average Bonchev–Trinajstić information content (AvgIpc) is 3.46. The minimum Gasteiger partial charge on any atom is -0.389 e. The Hall–Kier alpha value is -2.91. The molecule has 0 unspecified atom stereocenters. The van der Waals surface area contributed by atoms with Gasteiger partial charge in [0.1, 0.15) is 5.54 Å². The summed E-state index contributed by atoms with van der Waals surface area (Å²) in [6.45, 7) is 4.62. The van der Waals surface area contributed by atoms with Gasteiger partial charge >= 0.3 is 0 Å². The Morgan fingerprint density at radius 2 is 2.00 bits per heavy atom. The molecule has 0 radical (unpaired) electrons. The number of fused-ring (bicyclic) bond motifs is 1. The second-order valence-electron chi connectivity index (χ2n) is 9.53. The fraction of sp³-hybridized carbons (Fsp3) is 0.429. The zero-order chi connectivity index (χ0) is 25.0. The van der Waals surface area contributed by atoms with Gasteiger partial charge in [0.05, 0.1) is 52.4 Å². The third-order valence-corrected chi connectivity index (χ3v) is 7.98. The summed E-state index contributed by atoms with van der Waals surface area (Å²) in [7, 11) is -3.28. The largest absolute Gasteiger partial charge is 0.389 e. The van der Waals surface area contributed by atoms with Gasteiger partial charge in [-0.05, 0) is 25.3 Å². The van der Waals surface area contributed by atoms with Crippen LogP contribution in [0.25, 0.3) is 21.5 Å². The molecule has 0 aromatic carbocycles. The third-order valence-electron chi connectivity index (χ3n) is 5.87. The molecule has 1 fully saturated rings. The van der Waals surface area contributed by atoms with E-state index in [2.05, 4.69) is 20.5 Å². The smallest absolute Gasteiger partial charge is 0.228 e. The molecule has 0 aliphatic carbocycles. The van der Waals surface area contributed by atoms with E-state index in [1.54, 1.807) is 41.8 Å². The molecule has 0 atom stereocenters. The Kier molecular flexibility index (Phi) is 5.68. The van der Waals surface area contributed by atoms with Gasteiger partial charge in [-0.3, -0.25) is 9.36 Å². The predicted octanol–water partition coefficient (Wildman–Crippen LogP) is 1.19. The van der Waals surface area contributed by atoms with Crippen molar-refractivity contribution < 1.29 is 13.5 Å². The number of hydrogen-bond acceptors (Lipinski definition) is 10. The lowest BCUT2D eigenvalue weighted by Gasteiger charge is -2.47. The molecule has 4 N–H and O–H groups in total. The maximum absolute atomic E-state index is 11.9. The van der Waals surface area contributed by atoms with E-state index in [4.69, 9.17) is 10.7 Å². The summed E-state index contributed by atoms with van der Waals surface area (Å²) in [5, 5.41) is 24.0. The Balaban J connectivity index is 1.44. The summed E-state index contributed by atoms with van der Waals surface area (Å²) < 4.78 is 29.4. The second-order valence-corrected chi connectivity index (χ2v) is 12.4. The van der Waals surface area contributed by atoms with Gasteiger partial charge in [-0.25, -0.2) is 18.4 Å². The van der Waals surface area contributed by atoms with Crippen molar-refractivity contribution in [1.29, 1.82) is 0 Å². The Morgan fingerprint density at radius 3 is 2.69 bits per heavy atom. The molecule has 5 heterocycles. The van der Waals surface area contributed by atoms with E-state index in [1.807, 2.05) is 17.6 Å². The van der Waals surface area contributed by atoms with Gasteiger partial charge in [-0.15, -0.1) is 11.3 Å². The Labute approximate surface area is 206 Å². The molecule has 35 heavy (non-hydrogen) atoms. The van der Waals surface area contributed by atoms with Crippen LogP contribution in [0.4, 0.5) is 11.6 Å². The molecular weight excluding hydrogens is 490 g/mol. The van der Waals surface area contributed by atoms with Crippen LogP contribution >= 0.6 is 11.3 Å². The first-order chi connectivity index (χ1) is 16.5. The number of sulfonamides is 1. The lowest BCUT2D eigenvalue weighted by molar-refractivity contribution is 0.0578. The van der Waals surface area contributed by atoms with E-state index < -0.39 is 21.2 Å². The molecule has 0 spiro atoms. The maximum atomic E-state index is 11.9. The lowest BCUT2D eigenvalue weighted by atomic mass is 9.93. The minimum atomic E-state index is -3.28. The summed E-state index contributed by atoms with van der Waals surface area (Å²) in [4.78, 5) is 9.37. The fourth-order valence-electron chi connectivity index (χ4n) is 4.07. The molecular formula is C21H27N9O3S2. The van der Waals surface area contributed by atoms with E-state index in [0.717, 1.165) is 15.8 Å². The van der Waals surface area contributed by atoms with Crippen molar-refractivity contribution in [1.82, 2.24) is 33.8 Å². The standard InChI is InChI=1S/C21H27N9O3S2/c1-20(2,31)11-28-9-15(7-23-28)25-19-26-16-4-5-34-18(16)17(27-19)14-6-24-30(8-14)21(10-22)12-29(13-21)35(3,32)33/h4-9,31H,10-13,22H2,1-3H3,(H,25,26,27). The third kappa shape index (κ3) is 4.67. The molecule has 0 amide bonds. The van der Waals surface area contributed by atoms with Crippen molar-refractivity contribution in [2.24, 2.45) is 5.73 Å². The second kappa shape index (κ2) is 8.34. The summed E-state index contributed by atoms with van der Waals surface area (Å²) >= 11 is 1.53. The molecule has 4 aromatic heterocycles. The number of rotatable bonds is 8. The predicted molar refractivity (Wildman–Crippen MR) is 134 cm³/mol. The van der Waals surface area contributed by atoms with Crippen molar-refractivity contribution in [3.8, 4) is 11.3 Å². The number of hydrogen-bond donors (Lipinski definition) is 3. The first-order valence-electron chi connectivity index (χ1n) is 10.9. The summed E-state index contributed by atoms with van der Waals surface area (Å²) in [5.41, 5.74) is 7.56. The molecule has 0 saturated carbocycles. The molecule has 5 rings (SSSR count). The van der Waals surface area contributed by atoms with Crippen LogP contribution in [-0.4, -0.2) is 78.8 Å². The Bertz CT molecular complexity index is 1480. The molecule has 0 bridgehead atoms. The summed E-state index contributed by atoms with van der Waals surface area (Å²) in [6, 6.07) is 1.93. The molecule has 1 aliphatic heterocycles. The van der Waals surface area contributed by atoms with E-state index in [9.17, 15) is 13.5 Å². The normalized spacial score (nSPS) is 16.5. The highest BCUT2D eigenvalue weighted by atomic mass is 32.2. The molecule has 1 aliphatic rings. The highest BCUT2D eigenvalue weighted by Crippen LogP contribution is 2.35. The molecule has 4 aromatic rings. The highest BCUT2D eigenvalue weighted by Gasteiger charge is 2.48. The number of nitrogens with zero attached hydrogens (tertiary/aromatic N) is 7. The topological polar surface area (TPSA) is 157 Å². The van der Waals surface area contributed by atoms with Gasteiger partial charge in [0.2, 0.25) is 16.0 Å². The van der Waals surface area contributed by atoms with E-state index in [-0.39, 0.29) is 19.6 Å². The van der Waals surface area contributed by atoms with Gasteiger partial charge < -0.3 is 16.2 Å². The highest BCUT2D eigenvalue weighted by molar-refractivity contribution is 7.88. The van der Waals surface area contributed by atoms with Gasteiger partial charge in [-0.2, -0.15) is 14.5 Å². The minimum absolute atomic E-state index is 0.264. The van der Waals surface area contributed by atoms with Crippen LogP contribution in [0.3, 0.4) is 0 Å². The van der Waals surface area contributed by atoms with Crippen LogP contribution in [0.2, 0.25) is 0 Å². The van der Waals surface area contributed by atoms with Crippen LogP contribution in [-0.2, 0) is 22.1 Å². The maximum Gasteiger partial charge on any atom is 0.228 e. The van der Waals surface area contributed by atoms with E-state index in [1.165, 1.54) is 21.9 Å². The van der Waals surface area contributed by atoms with Crippen molar-refractivity contribution in [2.75, 3.05) is 31.2 Å². The van der Waals surface area contributed by atoms with Gasteiger partial charge in [0.25, 0.3) is 0 Å². The van der Waals surface area contributed by atoms with Crippen molar-refractivity contribution in [3.63, 3.8) is 0 Å². The number of aromatic nitrogens is 6. The molecule has 186 valence electrons. The summed E-state index contributed by atoms with van der Waals surface area (Å²) in [6.07, 6.45) is 8.21. The number of aliphatic hydroxyl groups is 1. The van der Waals surface area contributed by atoms with Crippen LogP contribution in [0, 0.1) is 0 Å².